The van der Waals surface area contributed by atoms with Gasteiger partial charge in [-0.3, -0.25) is 14.3 Å². The van der Waals surface area contributed by atoms with Gasteiger partial charge >= 0.3 is 0 Å². The second-order valence-electron chi connectivity index (χ2n) is 6.41. The number of amides is 2. The molecule has 0 fully saturated rings. The van der Waals surface area contributed by atoms with Crippen molar-refractivity contribution < 1.29 is 9.59 Å². The summed E-state index contributed by atoms with van der Waals surface area (Å²) >= 11 is 6.24. The maximum Gasteiger partial charge on any atom is 0.259 e. The van der Waals surface area contributed by atoms with E-state index in [-0.39, 0.29) is 11.8 Å². The lowest BCUT2D eigenvalue weighted by molar-refractivity contribution is 0.0962. The second-order valence-corrected chi connectivity index (χ2v) is 6.81. The first kappa shape index (κ1) is 19.6. The lowest BCUT2D eigenvalue weighted by Gasteiger charge is -2.08. The monoisotopic (exact) mass is 396 g/mol. The molecule has 2 N–H and O–H groups in total. The molecule has 2 aromatic carbocycles. The minimum atomic E-state index is -0.242. The third kappa shape index (κ3) is 4.07. The van der Waals surface area contributed by atoms with Gasteiger partial charge < -0.3 is 10.6 Å². The van der Waals surface area contributed by atoms with Crippen molar-refractivity contribution in [3.63, 3.8) is 0 Å². The van der Waals surface area contributed by atoms with E-state index in [0.29, 0.717) is 34.1 Å². The molecule has 0 unspecified atom stereocenters. The Morgan fingerprint density at radius 1 is 1.04 bits per heavy atom. The van der Waals surface area contributed by atoms with Crippen LogP contribution in [0.15, 0.2) is 48.5 Å². The summed E-state index contributed by atoms with van der Waals surface area (Å²) in [6.07, 6.45) is 0. The minimum Gasteiger partial charge on any atom is -0.355 e. The van der Waals surface area contributed by atoms with Gasteiger partial charge in [0.05, 0.1) is 17.8 Å². The first-order valence-electron chi connectivity index (χ1n) is 8.81. The molecule has 28 heavy (non-hydrogen) atoms. The van der Waals surface area contributed by atoms with Crippen LogP contribution in [0.1, 0.15) is 37.7 Å². The van der Waals surface area contributed by atoms with Gasteiger partial charge in [0.15, 0.2) is 0 Å². The van der Waals surface area contributed by atoms with E-state index >= 15 is 0 Å². The van der Waals surface area contributed by atoms with Gasteiger partial charge in [0.2, 0.25) is 0 Å². The zero-order valence-corrected chi connectivity index (χ0v) is 16.7. The number of carbonyl (C=O) groups excluding carboxylic acids is 2. The molecule has 7 heteroatoms. The lowest BCUT2D eigenvalue weighted by Crippen LogP contribution is -2.18. The highest BCUT2D eigenvalue weighted by molar-refractivity contribution is 6.31. The van der Waals surface area contributed by atoms with Crippen molar-refractivity contribution in [2.45, 2.75) is 20.4 Å². The van der Waals surface area contributed by atoms with Crippen LogP contribution in [0.3, 0.4) is 0 Å². The molecule has 3 aromatic rings. The predicted octanol–water partition coefficient (Wildman–Crippen LogP) is 3.81. The van der Waals surface area contributed by atoms with E-state index < -0.39 is 0 Å². The van der Waals surface area contributed by atoms with Crippen LogP contribution in [0.2, 0.25) is 5.02 Å². The SMILES string of the molecule is CNC(=O)c1ccc(NC(=O)c2c(C)nn(Cc3ccccc3Cl)c2C)cc1. The molecule has 1 aromatic heterocycles. The summed E-state index contributed by atoms with van der Waals surface area (Å²) in [5, 5.41) is 10.6. The largest absolute Gasteiger partial charge is 0.355 e. The number of rotatable bonds is 5. The number of benzene rings is 2. The van der Waals surface area contributed by atoms with Gasteiger partial charge in [-0.05, 0) is 49.7 Å². The molecule has 0 atom stereocenters. The summed E-state index contributed by atoms with van der Waals surface area (Å²) in [6, 6.07) is 14.3. The van der Waals surface area contributed by atoms with Crippen molar-refractivity contribution in [3.05, 3.63) is 81.6 Å². The number of halogens is 1. The summed E-state index contributed by atoms with van der Waals surface area (Å²) in [4.78, 5) is 24.4. The van der Waals surface area contributed by atoms with E-state index in [1.807, 2.05) is 31.2 Å². The van der Waals surface area contributed by atoms with Crippen LogP contribution < -0.4 is 10.6 Å². The molecule has 0 spiro atoms. The summed E-state index contributed by atoms with van der Waals surface area (Å²) in [5.74, 6) is -0.418. The van der Waals surface area contributed by atoms with Gasteiger partial charge in [-0.1, -0.05) is 29.8 Å². The average Bonchev–Trinajstić information content (AvgIpc) is 2.96. The topological polar surface area (TPSA) is 76.0 Å². The molecule has 0 bridgehead atoms. The number of carbonyl (C=O) groups is 2. The number of nitrogens with zero attached hydrogens (tertiary/aromatic N) is 2. The molecule has 0 aliphatic rings. The maximum atomic E-state index is 12.8. The Kier molecular flexibility index (Phi) is 5.80. The lowest BCUT2D eigenvalue weighted by atomic mass is 10.1. The first-order valence-corrected chi connectivity index (χ1v) is 9.19. The normalized spacial score (nSPS) is 10.6. The van der Waals surface area contributed by atoms with Crippen LogP contribution in [0, 0.1) is 13.8 Å². The molecular weight excluding hydrogens is 376 g/mol. The van der Waals surface area contributed by atoms with Crippen molar-refractivity contribution >= 4 is 29.1 Å². The molecular formula is C21H21ClN4O2. The molecule has 2 amide bonds. The average molecular weight is 397 g/mol. The van der Waals surface area contributed by atoms with E-state index in [1.165, 1.54) is 0 Å². The molecule has 0 saturated carbocycles. The molecule has 0 saturated heterocycles. The van der Waals surface area contributed by atoms with Gasteiger partial charge in [-0.25, -0.2) is 0 Å². The summed E-state index contributed by atoms with van der Waals surface area (Å²) in [5.41, 5.74) is 4.01. The third-order valence-electron chi connectivity index (χ3n) is 4.52. The fourth-order valence-corrected chi connectivity index (χ4v) is 3.21. The highest BCUT2D eigenvalue weighted by atomic mass is 35.5. The number of aromatic nitrogens is 2. The Morgan fingerprint density at radius 3 is 2.36 bits per heavy atom. The zero-order valence-electron chi connectivity index (χ0n) is 15.9. The Morgan fingerprint density at radius 2 is 1.71 bits per heavy atom. The highest BCUT2D eigenvalue weighted by Crippen LogP contribution is 2.20. The van der Waals surface area contributed by atoms with Gasteiger partial charge in [-0.15, -0.1) is 0 Å². The Hall–Kier alpha value is -3.12. The molecule has 1 heterocycles. The van der Waals surface area contributed by atoms with Crippen molar-refractivity contribution in [1.82, 2.24) is 15.1 Å². The minimum absolute atomic E-state index is 0.176. The molecule has 144 valence electrons. The van der Waals surface area contributed by atoms with E-state index in [1.54, 1.807) is 42.9 Å². The molecule has 0 aliphatic heterocycles. The van der Waals surface area contributed by atoms with E-state index in [9.17, 15) is 9.59 Å². The van der Waals surface area contributed by atoms with Crippen LogP contribution in [0.5, 0.6) is 0 Å². The van der Waals surface area contributed by atoms with Crippen molar-refractivity contribution in [3.8, 4) is 0 Å². The van der Waals surface area contributed by atoms with Crippen molar-refractivity contribution in [2.24, 2.45) is 0 Å². The molecule has 0 aliphatic carbocycles. The highest BCUT2D eigenvalue weighted by Gasteiger charge is 2.19. The number of aryl methyl sites for hydroxylation is 1. The fourth-order valence-electron chi connectivity index (χ4n) is 3.01. The van der Waals surface area contributed by atoms with Crippen molar-refractivity contribution in [1.29, 1.82) is 0 Å². The molecule has 0 radical (unpaired) electrons. The van der Waals surface area contributed by atoms with Crippen LogP contribution in [0.4, 0.5) is 5.69 Å². The van der Waals surface area contributed by atoms with E-state index in [2.05, 4.69) is 15.7 Å². The van der Waals surface area contributed by atoms with Gasteiger partial charge in [0.1, 0.15) is 0 Å². The molecule has 3 rings (SSSR count). The van der Waals surface area contributed by atoms with E-state index in [4.69, 9.17) is 11.6 Å². The standard InChI is InChI=1S/C21H21ClN4O2/c1-13-19(14(2)26(25-13)12-16-6-4-5-7-18(16)22)21(28)24-17-10-8-15(9-11-17)20(27)23-3/h4-11H,12H2,1-3H3,(H,23,27)(H,24,28). The fraction of sp³-hybridized carbons (Fsp3) is 0.190. The van der Waals surface area contributed by atoms with Crippen LogP contribution >= 0.6 is 11.6 Å². The summed E-state index contributed by atoms with van der Waals surface area (Å²) < 4.78 is 1.78. The third-order valence-corrected chi connectivity index (χ3v) is 4.89. The summed E-state index contributed by atoms with van der Waals surface area (Å²) in [6.45, 7) is 4.15. The molecule has 6 nitrogen and oxygen atoms in total. The van der Waals surface area contributed by atoms with E-state index in [0.717, 1.165) is 11.3 Å². The Bertz CT molecular complexity index is 1030. The number of hydrogen-bond acceptors (Lipinski definition) is 3. The summed E-state index contributed by atoms with van der Waals surface area (Å²) in [7, 11) is 1.57. The van der Waals surface area contributed by atoms with Crippen LogP contribution in [-0.2, 0) is 6.54 Å². The number of nitrogens with one attached hydrogen (secondary N) is 2. The zero-order chi connectivity index (χ0) is 20.3. The smallest absolute Gasteiger partial charge is 0.259 e. The maximum absolute atomic E-state index is 12.8. The van der Waals surface area contributed by atoms with Crippen LogP contribution in [0.25, 0.3) is 0 Å². The quantitative estimate of drug-likeness (QED) is 0.688. The van der Waals surface area contributed by atoms with Gasteiger partial charge in [0, 0.05) is 29.0 Å². The predicted molar refractivity (Wildman–Crippen MR) is 110 cm³/mol. The Labute approximate surface area is 168 Å². The van der Waals surface area contributed by atoms with Crippen molar-refractivity contribution in [2.75, 3.05) is 12.4 Å². The second kappa shape index (κ2) is 8.27. The number of anilines is 1. The number of hydrogen-bond donors (Lipinski definition) is 2. The van der Waals surface area contributed by atoms with Gasteiger partial charge in [-0.2, -0.15) is 5.10 Å². The van der Waals surface area contributed by atoms with Crippen LogP contribution in [-0.4, -0.2) is 28.6 Å². The Balaban J connectivity index is 1.80. The van der Waals surface area contributed by atoms with Gasteiger partial charge in [0.25, 0.3) is 11.8 Å². The first-order chi connectivity index (χ1) is 13.4.